The fourth-order valence-corrected chi connectivity index (χ4v) is 3.36. The van der Waals surface area contributed by atoms with E-state index in [0.717, 1.165) is 0 Å². The largest absolute Gasteiger partial charge is 0.506 e. The summed E-state index contributed by atoms with van der Waals surface area (Å²) in [6.07, 6.45) is 1.25. The van der Waals surface area contributed by atoms with Gasteiger partial charge in [0.1, 0.15) is 11.4 Å². The number of carboxylic acids is 1. The number of aliphatic hydroxyl groups is 1. The zero-order valence-electron chi connectivity index (χ0n) is 15.5. The molecule has 8 heteroatoms. The minimum Gasteiger partial charge on any atom is -0.506 e. The molecule has 0 aliphatic carbocycles. The number of aromatic carboxylic acids is 1. The first-order valence-corrected chi connectivity index (χ1v) is 8.93. The average molecular weight is 382 g/mol. The maximum Gasteiger partial charge on any atom is 0.337 e. The van der Waals surface area contributed by atoms with Crippen LogP contribution >= 0.6 is 0 Å². The topological polar surface area (TPSA) is 121 Å². The third kappa shape index (κ3) is 4.22. The van der Waals surface area contributed by atoms with Gasteiger partial charge in [-0.25, -0.2) is 4.79 Å². The van der Waals surface area contributed by atoms with Gasteiger partial charge in [-0.15, -0.1) is 0 Å². The lowest BCUT2D eigenvalue weighted by Gasteiger charge is -2.39. The van der Waals surface area contributed by atoms with E-state index in [-0.39, 0.29) is 11.3 Å². The van der Waals surface area contributed by atoms with Crippen LogP contribution in [0.15, 0.2) is 36.5 Å². The molecule has 0 amide bonds. The average Bonchev–Trinajstić information content (AvgIpc) is 2.68. The van der Waals surface area contributed by atoms with E-state index < -0.39 is 11.6 Å². The molecule has 3 N–H and O–H groups in total. The van der Waals surface area contributed by atoms with Crippen molar-refractivity contribution in [2.75, 3.05) is 37.6 Å². The van der Waals surface area contributed by atoms with E-state index in [0.29, 0.717) is 49.7 Å². The molecule has 2 heterocycles. The fraction of sp³-hybridized carbons (Fsp3) is 0.350. The lowest BCUT2D eigenvalue weighted by atomic mass is 10.00. The van der Waals surface area contributed by atoms with Crippen LogP contribution in [0.1, 0.15) is 28.5 Å². The van der Waals surface area contributed by atoms with Crippen molar-refractivity contribution in [3.8, 4) is 11.8 Å². The van der Waals surface area contributed by atoms with Crippen LogP contribution in [-0.2, 0) is 5.60 Å². The summed E-state index contributed by atoms with van der Waals surface area (Å²) >= 11 is 0. The Morgan fingerprint density at radius 3 is 2.50 bits per heavy atom. The van der Waals surface area contributed by atoms with Crippen molar-refractivity contribution in [3.05, 3.63) is 53.3 Å². The Kier molecular flexibility index (Phi) is 5.49. The summed E-state index contributed by atoms with van der Waals surface area (Å²) in [4.78, 5) is 19.2. The highest BCUT2D eigenvalue weighted by Gasteiger charge is 2.30. The zero-order valence-corrected chi connectivity index (χ0v) is 15.5. The van der Waals surface area contributed by atoms with Crippen LogP contribution in [0.4, 0.5) is 5.69 Å². The summed E-state index contributed by atoms with van der Waals surface area (Å²) in [6.45, 7) is 4.72. The number of rotatable bonds is 5. The van der Waals surface area contributed by atoms with Crippen LogP contribution in [0, 0.1) is 11.3 Å². The molecule has 28 heavy (non-hydrogen) atoms. The highest BCUT2D eigenvalue weighted by atomic mass is 16.4. The van der Waals surface area contributed by atoms with Gasteiger partial charge in [-0.2, -0.15) is 5.26 Å². The zero-order chi connectivity index (χ0) is 20.3. The highest BCUT2D eigenvalue weighted by Crippen LogP contribution is 2.29. The number of carboxylic acid groups (broad SMARTS) is 1. The van der Waals surface area contributed by atoms with Gasteiger partial charge in [-0.3, -0.25) is 9.88 Å². The number of aromatic nitrogens is 1. The van der Waals surface area contributed by atoms with Gasteiger partial charge >= 0.3 is 5.97 Å². The number of carbonyl (C=O) groups is 1. The maximum atomic E-state index is 10.9. The number of nitrogens with zero attached hydrogens (tertiary/aromatic N) is 4. The molecule has 1 aromatic carbocycles. The third-order valence-corrected chi connectivity index (χ3v) is 4.91. The molecule has 0 radical (unpaired) electrons. The number of phenolic OH excluding ortho intramolecular Hbond substituents is 1. The van der Waals surface area contributed by atoms with Crippen LogP contribution in [0.25, 0.3) is 0 Å². The number of piperazine rings is 1. The second-order valence-electron chi connectivity index (χ2n) is 7.09. The summed E-state index contributed by atoms with van der Waals surface area (Å²) in [5.74, 6) is -0.969. The monoisotopic (exact) mass is 382 g/mol. The molecule has 0 spiro atoms. The number of hydrogen-bond acceptors (Lipinski definition) is 7. The van der Waals surface area contributed by atoms with E-state index in [4.69, 9.17) is 10.4 Å². The highest BCUT2D eigenvalue weighted by molar-refractivity contribution is 5.87. The number of anilines is 1. The third-order valence-electron chi connectivity index (χ3n) is 4.91. The molecule has 0 unspecified atom stereocenters. The molecular weight excluding hydrogens is 360 g/mol. The smallest absolute Gasteiger partial charge is 0.337 e. The molecule has 2 aromatic rings. The van der Waals surface area contributed by atoms with Gasteiger partial charge in [0.25, 0.3) is 0 Å². The minimum atomic E-state index is -1.21. The number of pyridine rings is 1. The van der Waals surface area contributed by atoms with E-state index >= 15 is 0 Å². The Hall–Kier alpha value is -3.15. The van der Waals surface area contributed by atoms with Crippen molar-refractivity contribution in [2.24, 2.45) is 0 Å². The van der Waals surface area contributed by atoms with E-state index in [1.165, 1.54) is 24.4 Å². The Morgan fingerprint density at radius 2 is 1.96 bits per heavy atom. The number of aromatic hydroxyl groups is 1. The van der Waals surface area contributed by atoms with Crippen molar-refractivity contribution in [1.82, 2.24) is 9.88 Å². The second kappa shape index (κ2) is 7.84. The Labute approximate surface area is 162 Å². The molecule has 1 aliphatic rings. The number of nitriles is 1. The van der Waals surface area contributed by atoms with Gasteiger partial charge in [0.15, 0.2) is 0 Å². The van der Waals surface area contributed by atoms with Crippen molar-refractivity contribution < 1.29 is 20.1 Å². The molecule has 1 aliphatic heterocycles. The molecule has 3 rings (SSSR count). The van der Waals surface area contributed by atoms with Gasteiger partial charge in [-0.05, 0) is 37.3 Å². The van der Waals surface area contributed by atoms with Crippen molar-refractivity contribution in [3.63, 3.8) is 0 Å². The second-order valence-corrected chi connectivity index (χ2v) is 7.09. The number of phenols is 1. The predicted molar refractivity (Wildman–Crippen MR) is 102 cm³/mol. The summed E-state index contributed by atoms with van der Waals surface area (Å²) < 4.78 is 0. The first-order chi connectivity index (χ1) is 13.3. The minimum absolute atomic E-state index is 0.0791. The number of hydrogen-bond donors (Lipinski definition) is 3. The normalized spacial score (nSPS) is 17.0. The first kappa shape index (κ1) is 19.6. The molecule has 8 nitrogen and oxygen atoms in total. The molecule has 1 fully saturated rings. The SMILES string of the molecule is C[C@@](O)(CN1CCN(c2ccc(C#N)cc2O)CC1)c1ccc(C(=O)O)cn1. The Bertz CT molecular complexity index is 897. The lowest BCUT2D eigenvalue weighted by molar-refractivity contribution is 0.0106. The standard InChI is InChI=1S/C20H22N4O4/c1-20(28,18-5-3-15(12-22-18)19(26)27)13-23-6-8-24(9-7-23)16-4-2-14(11-21)10-17(16)25/h2-5,10,12,25,28H,6-9,13H2,1H3,(H,26,27)/t20-/m1/s1. The van der Waals surface area contributed by atoms with Gasteiger partial charge < -0.3 is 20.2 Å². The number of benzene rings is 1. The first-order valence-electron chi connectivity index (χ1n) is 8.93. The van der Waals surface area contributed by atoms with Crippen molar-refractivity contribution >= 4 is 11.7 Å². The Morgan fingerprint density at radius 1 is 1.25 bits per heavy atom. The number of β-amino-alcohol motifs (C(OH)–C–C–N with tert-alkyl or cyclic N) is 1. The summed E-state index contributed by atoms with van der Waals surface area (Å²) in [5, 5.41) is 38.8. The van der Waals surface area contributed by atoms with Crippen LogP contribution in [0.3, 0.4) is 0 Å². The molecule has 1 aromatic heterocycles. The van der Waals surface area contributed by atoms with Crippen LogP contribution in [0.2, 0.25) is 0 Å². The van der Waals surface area contributed by atoms with E-state index in [1.54, 1.807) is 19.1 Å². The summed E-state index contributed by atoms with van der Waals surface area (Å²) in [6, 6.07) is 9.85. The molecule has 1 saturated heterocycles. The molecule has 146 valence electrons. The maximum absolute atomic E-state index is 10.9. The molecule has 0 saturated carbocycles. The summed E-state index contributed by atoms with van der Waals surface area (Å²) in [7, 11) is 0. The quantitative estimate of drug-likeness (QED) is 0.709. The van der Waals surface area contributed by atoms with Crippen LogP contribution < -0.4 is 4.90 Å². The van der Waals surface area contributed by atoms with Gasteiger partial charge in [0.2, 0.25) is 0 Å². The lowest BCUT2D eigenvalue weighted by Crippen LogP contribution is -2.50. The van der Waals surface area contributed by atoms with E-state index in [1.807, 2.05) is 11.0 Å². The summed E-state index contributed by atoms with van der Waals surface area (Å²) in [5.41, 5.74) is 0.393. The molecule has 1 atom stereocenters. The van der Waals surface area contributed by atoms with Crippen LogP contribution in [-0.4, -0.2) is 63.9 Å². The molecular formula is C20H22N4O4. The Balaban J connectivity index is 1.62. The van der Waals surface area contributed by atoms with E-state index in [9.17, 15) is 15.0 Å². The van der Waals surface area contributed by atoms with Crippen molar-refractivity contribution in [1.29, 1.82) is 5.26 Å². The van der Waals surface area contributed by atoms with Crippen molar-refractivity contribution in [2.45, 2.75) is 12.5 Å². The van der Waals surface area contributed by atoms with Gasteiger partial charge in [-0.1, -0.05) is 0 Å². The fourth-order valence-electron chi connectivity index (χ4n) is 3.36. The molecule has 0 bridgehead atoms. The van der Waals surface area contributed by atoms with Gasteiger partial charge in [0.05, 0.1) is 28.6 Å². The van der Waals surface area contributed by atoms with Crippen LogP contribution in [0.5, 0.6) is 5.75 Å². The van der Waals surface area contributed by atoms with E-state index in [2.05, 4.69) is 9.88 Å². The van der Waals surface area contributed by atoms with Gasteiger partial charge in [0, 0.05) is 38.9 Å². The predicted octanol–water partition coefficient (Wildman–Crippen LogP) is 1.39.